The zero-order chi connectivity index (χ0) is 19.5. The van der Waals surface area contributed by atoms with Crippen LogP contribution in [0.3, 0.4) is 0 Å². The third-order valence-electron chi connectivity index (χ3n) is 5.38. The van der Waals surface area contributed by atoms with Crippen LogP contribution in [0.4, 0.5) is 5.82 Å². The first-order valence-corrected chi connectivity index (χ1v) is 9.91. The number of hydrogen-bond acceptors (Lipinski definition) is 5. The Morgan fingerprint density at radius 1 is 1.11 bits per heavy atom. The first-order valence-electron chi connectivity index (χ1n) is 9.91. The van der Waals surface area contributed by atoms with Gasteiger partial charge in [-0.25, -0.2) is 4.98 Å². The Kier molecular flexibility index (Phi) is 5.27. The van der Waals surface area contributed by atoms with Gasteiger partial charge in [0.15, 0.2) is 0 Å². The van der Waals surface area contributed by atoms with E-state index in [1.165, 1.54) is 0 Å². The Balaban J connectivity index is 1.46. The van der Waals surface area contributed by atoms with Crippen molar-refractivity contribution in [3.63, 3.8) is 0 Å². The molecule has 4 heterocycles. The predicted octanol–water partition coefficient (Wildman–Crippen LogP) is 1.88. The topological polar surface area (TPSA) is 83.4 Å². The van der Waals surface area contributed by atoms with E-state index in [2.05, 4.69) is 15.4 Å². The summed E-state index contributed by atoms with van der Waals surface area (Å²) in [5.41, 5.74) is 2.53. The molecule has 1 saturated heterocycles. The number of carbonyl (C=O) groups excluding carboxylic acids is 2. The van der Waals surface area contributed by atoms with Gasteiger partial charge in [0, 0.05) is 39.3 Å². The van der Waals surface area contributed by atoms with Gasteiger partial charge in [-0.2, -0.15) is 5.10 Å². The summed E-state index contributed by atoms with van der Waals surface area (Å²) in [6, 6.07) is 5.64. The number of amides is 2. The van der Waals surface area contributed by atoms with Crippen LogP contribution in [0.15, 0.2) is 24.4 Å². The van der Waals surface area contributed by atoms with E-state index >= 15 is 0 Å². The van der Waals surface area contributed by atoms with Crippen molar-refractivity contribution >= 4 is 17.6 Å². The van der Waals surface area contributed by atoms with Gasteiger partial charge in [-0.3, -0.25) is 14.3 Å². The van der Waals surface area contributed by atoms with Crippen molar-refractivity contribution in [3.05, 3.63) is 41.3 Å². The van der Waals surface area contributed by atoms with Gasteiger partial charge >= 0.3 is 0 Å². The number of aromatic nitrogens is 3. The van der Waals surface area contributed by atoms with E-state index in [0.29, 0.717) is 24.5 Å². The van der Waals surface area contributed by atoms with E-state index in [1.54, 1.807) is 19.2 Å². The van der Waals surface area contributed by atoms with Crippen LogP contribution in [0, 0.1) is 0 Å². The minimum atomic E-state index is 0.0332. The summed E-state index contributed by atoms with van der Waals surface area (Å²) in [4.78, 5) is 32.6. The Bertz CT molecular complexity index is 871. The van der Waals surface area contributed by atoms with Crippen LogP contribution in [-0.2, 0) is 24.4 Å². The van der Waals surface area contributed by atoms with Crippen LogP contribution in [-0.4, -0.2) is 56.0 Å². The Morgan fingerprint density at radius 3 is 2.68 bits per heavy atom. The molecule has 0 spiro atoms. The second-order valence-electron chi connectivity index (χ2n) is 7.40. The first kappa shape index (κ1) is 18.5. The smallest absolute Gasteiger partial charge is 0.257 e. The molecule has 2 aromatic heterocycles. The van der Waals surface area contributed by atoms with Gasteiger partial charge < -0.3 is 15.1 Å². The maximum Gasteiger partial charge on any atom is 0.257 e. The minimum absolute atomic E-state index is 0.0332. The zero-order valence-corrected chi connectivity index (χ0v) is 16.2. The molecule has 8 nitrogen and oxygen atoms in total. The zero-order valence-electron chi connectivity index (χ0n) is 16.2. The van der Waals surface area contributed by atoms with E-state index in [0.717, 1.165) is 56.8 Å². The quantitative estimate of drug-likeness (QED) is 0.873. The molecule has 8 heteroatoms. The molecule has 2 aromatic rings. The fourth-order valence-corrected chi connectivity index (χ4v) is 3.86. The van der Waals surface area contributed by atoms with Gasteiger partial charge in [0.25, 0.3) is 5.91 Å². The molecule has 1 N–H and O–H groups in total. The molecule has 2 amide bonds. The third-order valence-corrected chi connectivity index (χ3v) is 5.38. The molecular formula is C20H26N6O2. The van der Waals surface area contributed by atoms with Crippen LogP contribution < -0.4 is 5.32 Å². The monoisotopic (exact) mass is 382 g/mol. The number of fused-ring (bicyclic) bond motifs is 1. The van der Waals surface area contributed by atoms with Crippen molar-refractivity contribution in [2.24, 2.45) is 0 Å². The summed E-state index contributed by atoms with van der Waals surface area (Å²) in [6.07, 6.45) is 4.71. The molecule has 28 heavy (non-hydrogen) atoms. The molecule has 0 saturated carbocycles. The van der Waals surface area contributed by atoms with E-state index in [1.807, 2.05) is 26.6 Å². The number of likely N-dealkylation sites (tertiary alicyclic amines) is 1. The lowest BCUT2D eigenvalue weighted by molar-refractivity contribution is -0.129. The molecule has 4 rings (SSSR count). The van der Waals surface area contributed by atoms with Crippen molar-refractivity contribution in [2.75, 3.05) is 25.0 Å². The summed E-state index contributed by atoms with van der Waals surface area (Å²) in [6.45, 7) is 5.88. The van der Waals surface area contributed by atoms with Gasteiger partial charge in [-0.05, 0) is 37.5 Å². The van der Waals surface area contributed by atoms with Gasteiger partial charge in [-0.1, -0.05) is 0 Å². The Labute approximate surface area is 164 Å². The van der Waals surface area contributed by atoms with Crippen molar-refractivity contribution in [3.8, 4) is 0 Å². The van der Waals surface area contributed by atoms with Gasteiger partial charge in [0.1, 0.15) is 5.82 Å². The molecule has 0 radical (unpaired) electrons. The number of pyridine rings is 1. The average molecular weight is 382 g/mol. The van der Waals surface area contributed by atoms with E-state index < -0.39 is 0 Å². The van der Waals surface area contributed by atoms with E-state index in [9.17, 15) is 9.59 Å². The number of hydrogen-bond donors (Lipinski definition) is 1. The summed E-state index contributed by atoms with van der Waals surface area (Å²) >= 11 is 0. The predicted molar refractivity (Wildman–Crippen MR) is 105 cm³/mol. The molecule has 148 valence electrons. The molecular weight excluding hydrogens is 356 g/mol. The molecule has 1 fully saturated rings. The van der Waals surface area contributed by atoms with Crippen LogP contribution in [0.25, 0.3) is 0 Å². The second-order valence-corrected chi connectivity index (χ2v) is 7.40. The summed E-state index contributed by atoms with van der Waals surface area (Å²) in [5, 5.41) is 7.94. The molecule has 0 aliphatic carbocycles. The van der Waals surface area contributed by atoms with Crippen molar-refractivity contribution in [2.45, 2.75) is 45.8 Å². The molecule has 0 unspecified atom stereocenters. The molecule has 0 atom stereocenters. The Hall–Kier alpha value is -2.90. The highest BCUT2D eigenvalue weighted by molar-refractivity contribution is 5.98. The normalized spacial score (nSPS) is 16.6. The summed E-state index contributed by atoms with van der Waals surface area (Å²) in [7, 11) is 0. The third kappa shape index (κ3) is 3.85. The van der Waals surface area contributed by atoms with Crippen LogP contribution in [0.2, 0.25) is 0 Å². The number of aryl methyl sites for hydroxylation is 1. The minimum Gasteiger partial charge on any atom is -0.364 e. The van der Waals surface area contributed by atoms with Gasteiger partial charge in [0.05, 0.1) is 30.0 Å². The van der Waals surface area contributed by atoms with Crippen molar-refractivity contribution in [1.82, 2.24) is 24.6 Å². The van der Waals surface area contributed by atoms with E-state index in [4.69, 9.17) is 0 Å². The average Bonchev–Trinajstić information content (AvgIpc) is 3.32. The number of carbonyl (C=O) groups is 2. The molecule has 0 aromatic carbocycles. The summed E-state index contributed by atoms with van der Waals surface area (Å²) in [5.74, 6) is 0.714. The number of nitrogens with zero attached hydrogens (tertiary/aromatic N) is 5. The maximum absolute atomic E-state index is 12.8. The van der Waals surface area contributed by atoms with Crippen LogP contribution >= 0.6 is 0 Å². The highest BCUT2D eigenvalue weighted by atomic mass is 16.2. The second kappa shape index (κ2) is 8.00. The number of nitrogens with one attached hydrogen (secondary N) is 1. The highest BCUT2D eigenvalue weighted by Crippen LogP contribution is 2.19. The van der Waals surface area contributed by atoms with Gasteiger partial charge in [-0.15, -0.1) is 0 Å². The Morgan fingerprint density at radius 2 is 1.89 bits per heavy atom. The standard InChI is InChI=1S/C20H26N6O2/c1-15(27)25-10-5-11-26-17(14-25)12-16(23-26)13-22-19-18(6-4-7-21-19)20(28)24-8-2-3-9-24/h4,6-7,12H,2-3,5,8-11,13-14H2,1H3,(H,21,22). The largest absolute Gasteiger partial charge is 0.364 e. The van der Waals surface area contributed by atoms with Gasteiger partial charge in [0.2, 0.25) is 5.91 Å². The van der Waals surface area contributed by atoms with E-state index in [-0.39, 0.29) is 11.8 Å². The van der Waals surface area contributed by atoms with Crippen molar-refractivity contribution < 1.29 is 9.59 Å². The lowest BCUT2D eigenvalue weighted by atomic mass is 10.2. The number of anilines is 1. The first-order chi connectivity index (χ1) is 13.6. The van der Waals surface area contributed by atoms with Crippen LogP contribution in [0.1, 0.15) is 47.9 Å². The fraction of sp³-hybridized carbons (Fsp3) is 0.500. The summed E-state index contributed by atoms with van der Waals surface area (Å²) < 4.78 is 1.98. The lowest BCUT2D eigenvalue weighted by Gasteiger charge is -2.17. The highest BCUT2D eigenvalue weighted by Gasteiger charge is 2.23. The SMILES string of the molecule is CC(=O)N1CCCn2nc(CNc3ncccc3C(=O)N3CCCC3)cc2C1. The molecule has 2 aliphatic heterocycles. The van der Waals surface area contributed by atoms with Crippen LogP contribution in [0.5, 0.6) is 0 Å². The molecule has 2 aliphatic rings. The maximum atomic E-state index is 12.8. The fourth-order valence-electron chi connectivity index (χ4n) is 3.86. The lowest BCUT2D eigenvalue weighted by Crippen LogP contribution is -2.28. The molecule has 0 bridgehead atoms. The number of rotatable bonds is 4. The van der Waals surface area contributed by atoms with Crippen molar-refractivity contribution in [1.29, 1.82) is 0 Å².